The van der Waals surface area contributed by atoms with Gasteiger partial charge in [0, 0.05) is 12.6 Å². The van der Waals surface area contributed by atoms with Crippen LogP contribution in [0.15, 0.2) is 47.4 Å². The number of fused-ring (bicyclic) bond motifs is 1. The summed E-state index contributed by atoms with van der Waals surface area (Å²) in [6.45, 7) is 1.12. The minimum absolute atomic E-state index is 0.0522. The number of ether oxygens (including phenoxy) is 1. The minimum atomic E-state index is -3.65. The van der Waals surface area contributed by atoms with E-state index in [1.54, 1.807) is 22.5 Å². The number of hydrogen-bond donors (Lipinski definition) is 0. The molecule has 8 heteroatoms. The number of aromatic nitrogens is 2. The summed E-state index contributed by atoms with van der Waals surface area (Å²) in [5.41, 5.74) is 2.04. The van der Waals surface area contributed by atoms with Crippen LogP contribution in [0.1, 0.15) is 37.7 Å². The summed E-state index contributed by atoms with van der Waals surface area (Å²) in [5.74, 6) is 1.54. The van der Waals surface area contributed by atoms with Crippen LogP contribution in [-0.2, 0) is 16.6 Å². The van der Waals surface area contributed by atoms with Crippen LogP contribution < -0.4 is 4.74 Å². The van der Waals surface area contributed by atoms with Crippen LogP contribution in [0.4, 0.5) is 0 Å². The molecule has 3 aromatic rings. The van der Waals surface area contributed by atoms with Crippen molar-refractivity contribution in [1.29, 1.82) is 0 Å². The van der Waals surface area contributed by atoms with Gasteiger partial charge in [0.05, 0.1) is 18.3 Å². The summed E-state index contributed by atoms with van der Waals surface area (Å²) in [7, 11) is -3.65. The van der Waals surface area contributed by atoms with Gasteiger partial charge in [-0.05, 0) is 61.4 Å². The molecule has 6 nitrogen and oxygen atoms in total. The van der Waals surface area contributed by atoms with Crippen LogP contribution in [0, 0.1) is 5.92 Å². The lowest BCUT2D eigenvalue weighted by molar-refractivity contribution is 0.180. The summed E-state index contributed by atoms with van der Waals surface area (Å²) in [6.07, 6.45) is 5.62. The van der Waals surface area contributed by atoms with E-state index in [4.69, 9.17) is 4.74 Å². The first-order valence-corrected chi connectivity index (χ1v) is 12.2. The predicted molar refractivity (Wildman–Crippen MR) is 112 cm³/mol. The van der Waals surface area contributed by atoms with Crippen molar-refractivity contribution in [1.82, 2.24) is 13.1 Å². The van der Waals surface area contributed by atoms with Crippen LogP contribution in [0.25, 0.3) is 11.0 Å². The van der Waals surface area contributed by atoms with E-state index in [2.05, 4.69) is 8.75 Å². The zero-order valence-corrected chi connectivity index (χ0v) is 17.7. The number of rotatable bonds is 8. The second kappa shape index (κ2) is 7.66. The molecule has 29 heavy (non-hydrogen) atoms. The molecule has 2 aliphatic carbocycles. The third-order valence-electron chi connectivity index (χ3n) is 5.76. The van der Waals surface area contributed by atoms with Gasteiger partial charge in [0.25, 0.3) is 0 Å². The van der Waals surface area contributed by atoms with Gasteiger partial charge in [-0.2, -0.15) is 13.1 Å². The lowest BCUT2D eigenvalue weighted by Gasteiger charge is -2.25. The molecule has 152 valence electrons. The average Bonchev–Trinajstić information content (AvgIpc) is 3.40. The van der Waals surface area contributed by atoms with E-state index in [1.165, 1.54) is 19.3 Å². The smallest absolute Gasteiger partial charge is 0.245 e. The fourth-order valence-electron chi connectivity index (χ4n) is 3.63. The molecule has 0 spiro atoms. The van der Waals surface area contributed by atoms with Gasteiger partial charge in [0.15, 0.2) is 0 Å². The predicted octanol–water partition coefficient (Wildman–Crippen LogP) is 4.22. The maximum Gasteiger partial charge on any atom is 0.245 e. The van der Waals surface area contributed by atoms with Crippen molar-refractivity contribution in [2.45, 2.75) is 49.6 Å². The lowest BCUT2D eigenvalue weighted by atomic mass is 9.86. The molecule has 0 saturated heterocycles. The molecule has 1 heterocycles. The van der Waals surface area contributed by atoms with Gasteiger partial charge in [-0.1, -0.05) is 24.6 Å². The Labute approximate surface area is 174 Å². The van der Waals surface area contributed by atoms with Gasteiger partial charge in [0.1, 0.15) is 21.7 Å². The van der Waals surface area contributed by atoms with Gasteiger partial charge in [-0.25, -0.2) is 8.42 Å². The first-order valence-electron chi connectivity index (χ1n) is 10.1. The Morgan fingerprint density at radius 3 is 2.52 bits per heavy atom. The molecular formula is C21H23N3O3S2. The first-order chi connectivity index (χ1) is 14.1. The van der Waals surface area contributed by atoms with Gasteiger partial charge < -0.3 is 4.74 Å². The van der Waals surface area contributed by atoms with Crippen molar-refractivity contribution >= 4 is 32.8 Å². The molecular weight excluding hydrogens is 406 g/mol. The molecule has 1 aromatic heterocycles. The van der Waals surface area contributed by atoms with Crippen molar-refractivity contribution in [3.63, 3.8) is 0 Å². The van der Waals surface area contributed by atoms with Gasteiger partial charge >= 0.3 is 0 Å². The number of sulfonamides is 1. The van der Waals surface area contributed by atoms with Crippen LogP contribution >= 0.6 is 11.7 Å². The normalized spacial score (nSPS) is 17.6. The molecule has 0 amide bonds. The van der Waals surface area contributed by atoms with E-state index in [9.17, 15) is 8.42 Å². The fraction of sp³-hybridized carbons (Fsp3) is 0.429. The van der Waals surface area contributed by atoms with Crippen molar-refractivity contribution in [2.75, 3.05) is 6.61 Å². The Balaban J connectivity index is 1.36. The lowest BCUT2D eigenvalue weighted by Crippen LogP contribution is -2.32. The first kappa shape index (κ1) is 19.0. The molecule has 0 aliphatic heterocycles. The van der Waals surface area contributed by atoms with Crippen LogP contribution in [0.5, 0.6) is 5.75 Å². The quantitative estimate of drug-likeness (QED) is 0.536. The highest BCUT2D eigenvalue weighted by Gasteiger charge is 2.39. The molecule has 0 atom stereocenters. The maximum absolute atomic E-state index is 13.5. The van der Waals surface area contributed by atoms with Crippen LogP contribution in [0.3, 0.4) is 0 Å². The van der Waals surface area contributed by atoms with Crippen molar-refractivity contribution in [2.24, 2.45) is 5.92 Å². The summed E-state index contributed by atoms with van der Waals surface area (Å²) >= 11 is 1.04. The summed E-state index contributed by atoms with van der Waals surface area (Å²) < 4.78 is 42.8. The van der Waals surface area contributed by atoms with Crippen molar-refractivity contribution < 1.29 is 13.2 Å². The summed E-state index contributed by atoms with van der Waals surface area (Å²) in [4.78, 5) is 0.246. The molecule has 0 N–H and O–H groups in total. The second-order valence-electron chi connectivity index (χ2n) is 7.92. The molecule has 0 radical (unpaired) electrons. The van der Waals surface area contributed by atoms with Crippen LogP contribution in [0.2, 0.25) is 0 Å². The molecule has 5 rings (SSSR count). The van der Waals surface area contributed by atoms with E-state index in [1.807, 2.05) is 24.3 Å². The highest BCUT2D eigenvalue weighted by molar-refractivity contribution is 7.89. The fourth-order valence-corrected chi connectivity index (χ4v) is 6.06. The zero-order valence-electron chi connectivity index (χ0n) is 16.0. The molecule has 2 aromatic carbocycles. The van der Waals surface area contributed by atoms with Crippen LogP contribution in [-0.4, -0.2) is 34.1 Å². The largest absolute Gasteiger partial charge is 0.493 e. The Bertz CT molecular complexity index is 1100. The summed E-state index contributed by atoms with van der Waals surface area (Å²) in [6, 6.07) is 13.0. The monoisotopic (exact) mass is 429 g/mol. The Morgan fingerprint density at radius 2 is 1.83 bits per heavy atom. The second-order valence-corrected chi connectivity index (χ2v) is 10.3. The highest BCUT2D eigenvalue weighted by atomic mass is 32.2. The van der Waals surface area contributed by atoms with Gasteiger partial charge in [0.2, 0.25) is 10.0 Å². The molecule has 0 unspecified atom stereocenters. The minimum Gasteiger partial charge on any atom is -0.493 e. The number of hydrogen-bond acceptors (Lipinski definition) is 6. The third kappa shape index (κ3) is 3.89. The van der Waals surface area contributed by atoms with Crippen molar-refractivity contribution in [3.8, 4) is 5.75 Å². The Morgan fingerprint density at radius 1 is 1.03 bits per heavy atom. The average molecular weight is 430 g/mol. The molecule has 2 aliphatic rings. The zero-order chi connectivity index (χ0) is 19.8. The molecule has 2 saturated carbocycles. The van der Waals surface area contributed by atoms with E-state index in [0.29, 0.717) is 23.5 Å². The van der Waals surface area contributed by atoms with Gasteiger partial charge in [-0.15, -0.1) is 0 Å². The molecule has 0 bridgehead atoms. The third-order valence-corrected chi connectivity index (χ3v) is 8.23. The number of nitrogens with zero attached hydrogens (tertiary/aromatic N) is 3. The van der Waals surface area contributed by atoms with Gasteiger partial charge in [-0.3, -0.25) is 0 Å². The Kier molecular flexibility index (Phi) is 5.01. The van der Waals surface area contributed by atoms with E-state index in [0.717, 1.165) is 42.5 Å². The van der Waals surface area contributed by atoms with E-state index < -0.39 is 10.0 Å². The SMILES string of the molecule is O=S(=O)(c1cccc2nsnc12)N(Cc1ccc(OCC2CCC2)cc1)C1CC1. The summed E-state index contributed by atoms with van der Waals surface area (Å²) in [5, 5.41) is 0. The molecule has 2 fully saturated rings. The number of benzene rings is 2. The van der Waals surface area contributed by atoms with Crippen molar-refractivity contribution in [3.05, 3.63) is 48.0 Å². The van der Waals surface area contributed by atoms with E-state index >= 15 is 0 Å². The standard InChI is InChI=1S/C21H23N3O3S2/c25-29(26,20-6-2-5-19-21(20)23-28-22-19)24(17-9-10-17)13-15-7-11-18(12-8-15)27-14-16-3-1-4-16/h2,5-8,11-12,16-17H,1,3-4,9-10,13-14H2. The Hall–Kier alpha value is -2.03. The topological polar surface area (TPSA) is 72.4 Å². The van der Waals surface area contributed by atoms with E-state index in [-0.39, 0.29) is 10.9 Å². The highest BCUT2D eigenvalue weighted by Crippen LogP contribution is 2.35. The maximum atomic E-state index is 13.5.